The number of ether oxygens (including phenoxy) is 3. The third-order valence-electron chi connectivity index (χ3n) is 3.56. The molecule has 0 radical (unpaired) electrons. The fourth-order valence-electron chi connectivity index (χ4n) is 2.63. The first kappa shape index (κ1) is 15.0. The Morgan fingerprint density at radius 2 is 1.90 bits per heavy atom. The quantitative estimate of drug-likeness (QED) is 0.869. The summed E-state index contributed by atoms with van der Waals surface area (Å²) in [4.78, 5) is 0. The van der Waals surface area contributed by atoms with Gasteiger partial charge in [0.15, 0.2) is 11.5 Å². The highest BCUT2D eigenvalue weighted by atomic mass is 16.5. The molecule has 0 aromatic heterocycles. The zero-order chi connectivity index (χ0) is 14.5. The zero-order valence-electron chi connectivity index (χ0n) is 12.9. The first-order chi connectivity index (χ1) is 9.63. The van der Waals surface area contributed by atoms with E-state index in [2.05, 4.69) is 5.32 Å². The Labute approximate surface area is 121 Å². The lowest BCUT2D eigenvalue weighted by atomic mass is 10.0. The van der Waals surface area contributed by atoms with Gasteiger partial charge in [0.2, 0.25) is 0 Å². The Morgan fingerprint density at radius 3 is 2.45 bits per heavy atom. The van der Waals surface area contributed by atoms with Crippen LogP contribution in [0.25, 0.3) is 0 Å². The maximum atomic E-state index is 5.78. The molecule has 4 heteroatoms. The van der Waals surface area contributed by atoms with Crippen molar-refractivity contribution in [1.82, 2.24) is 5.32 Å². The molecule has 1 unspecified atom stereocenters. The van der Waals surface area contributed by atoms with Crippen LogP contribution in [-0.2, 0) is 6.42 Å². The summed E-state index contributed by atoms with van der Waals surface area (Å²) < 4.78 is 16.7. The monoisotopic (exact) mass is 279 g/mol. The minimum Gasteiger partial charge on any atom is -0.496 e. The second kappa shape index (κ2) is 6.84. The van der Waals surface area contributed by atoms with Gasteiger partial charge >= 0.3 is 0 Å². The summed E-state index contributed by atoms with van der Waals surface area (Å²) in [6, 6.07) is 4.50. The predicted octanol–water partition coefficient (Wildman–Crippen LogP) is 2.79. The minimum atomic E-state index is 0.107. The van der Waals surface area contributed by atoms with E-state index < -0.39 is 0 Å². The van der Waals surface area contributed by atoms with E-state index in [1.165, 1.54) is 18.4 Å². The number of methoxy groups -OCH3 is 2. The molecule has 1 saturated heterocycles. The van der Waals surface area contributed by atoms with Gasteiger partial charge in [-0.3, -0.25) is 0 Å². The Hall–Kier alpha value is -1.42. The topological polar surface area (TPSA) is 39.7 Å². The van der Waals surface area contributed by atoms with Crippen LogP contribution in [0.15, 0.2) is 12.1 Å². The van der Waals surface area contributed by atoms with Crippen molar-refractivity contribution in [3.05, 3.63) is 17.7 Å². The van der Waals surface area contributed by atoms with E-state index in [4.69, 9.17) is 14.2 Å². The lowest BCUT2D eigenvalue weighted by Gasteiger charge is -2.19. The summed E-state index contributed by atoms with van der Waals surface area (Å²) in [6.07, 6.45) is 3.53. The molecule has 0 bridgehead atoms. The third-order valence-corrected chi connectivity index (χ3v) is 3.56. The summed E-state index contributed by atoms with van der Waals surface area (Å²) in [5.74, 6) is 2.38. The Morgan fingerprint density at radius 1 is 1.15 bits per heavy atom. The van der Waals surface area contributed by atoms with Crippen LogP contribution in [0, 0.1) is 0 Å². The molecule has 1 aliphatic heterocycles. The number of nitrogens with one attached hydrogen (secondary N) is 1. The molecule has 4 nitrogen and oxygen atoms in total. The lowest BCUT2D eigenvalue weighted by Crippen LogP contribution is -2.23. The second-order valence-electron chi connectivity index (χ2n) is 5.48. The smallest absolute Gasteiger partial charge is 0.165 e. The highest BCUT2D eigenvalue weighted by Crippen LogP contribution is 2.36. The van der Waals surface area contributed by atoms with Gasteiger partial charge in [0, 0.05) is 12.1 Å². The van der Waals surface area contributed by atoms with Crippen LogP contribution in [0.1, 0.15) is 32.3 Å². The maximum Gasteiger partial charge on any atom is 0.165 e. The Bertz CT molecular complexity index is 440. The standard InChI is InChI=1S/C16H25NO3/c1-11(2)20-16-10-14(18-3)12(9-15(16)19-4)8-13-6-5-7-17-13/h9-11,13,17H,5-8H2,1-4H3. The molecule has 1 aromatic carbocycles. The molecule has 0 amide bonds. The molecule has 1 atom stereocenters. The van der Waals surface area contributed by atoms with Crippen LogP contribution in [0.2, 0.25) is 0 Å². The highest BCUT2D eigenvalue weighted by molar-refractivity contribution is 5.51. The van der Waals surface area contributed by atoms with Gasteiger partial charge < -0.3 is 19.5 Å². The van der Waals surface area contributed by atoms with Crippen LogP contribution >= 0.6 is 0 Å². The number of hydrogen-bond acceptors (Lipinski definition) is 4. The van der Waals surface area contributed by atoms with Gasteiger partial charge in [-0.15, -0.1) is 0 Å². The minimum absolute atomic E-state index is 0.107. The molecule has 0 aliphatic carbocycles. The van der Waals surface area contributed by atoms with Gasteiger partial charge in [-0.25, -0.2) is 0 Å². The molecular formula is C16H25NO3. The van der Waals surface area contributed by atoms with E-state index in [1.807, 2.05) is 26.0 Å². The molecule has 112 valence electrons. The van der Waals surface area contributed by atoms with Gasteiger partial charge in [-0.05, 0) is 51.3 Å². The number of rotatable bonds is 6. The summed E-state index contributed by atoms with van der Waals surface area (Å²) in [5, 5.41) is 3.51. The SMILES string of the molecule is COc1cc(OC(C)C)c(OC)cc1CC1CCCN1. The van der Waals surface area contributed by atoms with Crippen LogP contribution in [0.3, 0.4) is 0 Å². The first-order valence-electron chi connectivity index (χ1n) is 7.29. The predicted molar refractivity (Wildman–Crippen MR) is 80.0 cm³/mol. The van der Waals surface area contributed by atoms with Gasteiger partial charge in [0.25, 0.3) is 0 Å². The van der Waals surface area contributed by atoms with Crippen LogP contribution < -0.4 is 19.5 Å². The van der Waals surface area contributed by atoms with Gasteiger partial charge in [0.1, 0.15) is 5.75 Å². The number of hydrogen-bond donors (Lipinski definition) is 1. The van der Waals surface area contributed by atoms with Crippen molar-refractivity contribution in [2.45, 2.75) is 45.3 Å². The van der Waals surface area contributed by atoms with E-state index in [0.29, 0.717) is 6.04 Å². The third kappa shape index (κ3) is 3.57. The molecule has 1 heterocycles. The van der Waals surface area contributed by atoms with Crippen molar-refractivity contribution >= 4 is 0 Å². The normalized spacial score (nSPS) is 18.4. The van der Waals surface area contributed by atoms with E-state index >= 15 is 0 Å². The Balaban J connectivity index is 2.25. The van der Waals surface area contributed by atoms with Crippen LogP contribution in [-0.4, -0.2) is 32.9 Å². The summed E-state index contributed by atoms with van der Waals surface area (Å²) in [6.45, 7) is 5.11. The van der Waals surface area contributed by atoms with Gasteiger partial charge in [0.05, 0.1) is 20.3 Å². The highest BCUT2D eigenvalue weighted by Gasteiger charge is 2.19. The van der Waals surface area contributed by atoms with E-state index in [9.17, 15) is 0 Å². The first-order valence-corrected chi connectivity index (χ1v) is 7.29. The second-order valence-corrected chi connectivity index (χ2v) is 5.48. The van der Waals surface area contributed by atoms with E-state index in [-0.39, 0.29) is 6.10 Å². The molecule has 1 aromatic rings. The van der Waals surface area contributed by atoms with Gasteiger partial charge in [-0.1, -0.05) is 0 Å². The van der Waals surface area contributed by atoms with Crippen molar-refractivity contribution in [3.63, 3.8) is 0 Å². The molecule has 0 spiro atoms. The summed E-state index contributed by atoms with van der Waals surface area (Å²) in [5.41, 5.74) is 1.17. The molecule has 1 fully saturated rings. The molecule has 1 N–H and O–H groups in total. The Kier molecular flexibility index (Phi) is 5.12. The van der Waals surface area contributed by atoms with Crippen LogP contribution in [0.5, 0.6) is 17.2 Å². The average Bonchev–Trinajstić information content (AvgIpc) is 2.92. The van der Waals surface area contributed by atoms with E-state index in [0.717, 1.165) is 30.2 Å². The largest absolute Gasteiger partial charge is 0.496 e. The van der Waals surface area contributed by atoms with Crippen LogP contribution in [0.4, 0.5) is 0 Å². The van der Waals surface area contributed by atoms with Crippen molar-refractivity contribution in [3.8, 4) is 17.2 Å². The summed E-state index contributed by atoms with van der Waals surface area (Å²) >= 11 is 0. The molecule has 1 aliphatic rings. The van der Waals surface area contributed by atoms with Crippen molar-refractivity contribution in [1.29, 1.82) is 0 Å². The fraction of sp³-hybridized carbons (Fsp3) is 0.625. The zero-order valence-corrected chi connectivity index (χ0v) is 12.9. The number of benzene rings is 1. The molecule has 0 saturated carbocycles. The average molecular weight is 279 g/mol. The summed E-state index contributed by atoms with van der Waals surface area (Å²) in [7, 11) is 3.37. The molecule has 2 rings (SSSR count). The van der Waals surface area contributed by atoms with Crippen molar-refractivity contribution < 1.29 is 14.2 Å². The molecule has 20 heavy (non-hydrogen) atoms. The fourth-order valence-corrected chi connectivity index (χ4v) is 2.63. The maximum absolute atomic E-state index is 5.78. The van der Waals surface area contributed by atoms with Crippen molar-refractivity contribution in [2.24, 2.45) is 0 Å². The van der Waals surface area contributed by atoms with Gasteiger partial charge in [-0.2, -0.15) is 0 Å². The van der Waals surface area contributed by atoms with Crippen molar-refractivity contribution in [2.75, 3.05) is 20.8 Å². The van der Waals surface area contributed by atoms with E-state index in [1.54, 1.807) is 14.2 Å². The lowest BCUT2D eigenvalue weighted by molar-refractivity contribution is 0.228. The molecular weight excluding hydrogens is 254 g/mol.